The lowest BCUT2D eigenvalue weighted by molar-refractivity contribution is -0.150. The van der Waals surface area contributed by atoms with Crippen LogP contribution in [0.1, 0.15) is 84.5 Å². The molecule has 0 radical (unpaired) electrons. The Morgan fingerprint density at radius 2 is 1.08 bits per heavy atom. The number of carbonyl (C=O) groups is 4. The van der Waals surface area contributed by atoms with Crippen LogP contribution in [-0.2, 0) is 19.1 Å². The Kier molecular flexibility index (Phi) is 23.6. The van der Waals surface area contributed by atoms with E-state index in [2.05, 4.69) is 15.9 Å². The molecule has 0 aliphatic rings. The molecular formula is C29H42BrCl3O6. The number of ketones is 1. The molecule has 0 heterocycles. The van der Waals surface area contributed by atoms with Crippen LogP contribution >= 0.6 is 50.7 Å². The molecule has 39 heavy (non-hydrogen) atoms. The highest BCUT2D eigenvalue weighted by atomic mass is 79.9. The zero-order valence-electron chi connectivity index (χ0n) is 21.0. The molecule has 0 aliphatic carbocycles. The van der Waals surface area contributed by atoms with Crippen molar-refractivity contribution in [2.45, 2.75) is 68.1 Å². The highest BCUT2D eigenvalue weighted by Gasteiger charge is 2.38. The van der Waals surface area contributed by atoms with Gasteiger partial charge in [-0.1, -0.05) is 85.7 Å². The zero-order valence-corrected chi connectivity index (χ0v) is 24.8. The van der Waals surface area contributed by atoms with Gasteiger partial charge in [0.1, 0.15) is 9.74 Å². The predicted molar refractivity (Wildman–Crippen MR) is 168 cm³/mol. The smallest absolute Gasteiger partial charge is 0.322 e. The Balaban J connectivity index is -0.000000242. The van der Waals surface area contributed by atoms with Gasteiger partial charge in [-0.25, -0.2) is 0 Å². The minimum Gasteiger partial charge on any atom is -0.465 e. The number of ether oxygens (including phenoxy) is 2. The van der Waals surface area contributed by atoms with Gasteiger partial charge in [0.05, 0.1) is 28.8 Å². The summed E-state index contributed by atoms with van der Waals surface area (Å²) in [4.78, 5) is 45.3. The summed E-state index contributed by atoms with van der Waals surface area (Å²) in [7, 11) is 0. The number of hydrogen-bond donors (Lipinski definition) is 0. The van der Waals surface area contributed by atoms with Crippen LogP contribution in [0.25, 0.3) is 0 Å². The molecule has 2 aromatic carbocycles. The average molecular weight is 673 g/mol. The number of hydrogen-bond acceptors (Lipinski definition) is 6. The summed E-state index contributed by atoms with van der Waals surface area (Å²) in [5.74, 6) is -1.09. The molecule has 0 N–H and O–H groups in total. The van der Waals surface area contributed by atoms with E-state index >= 15 is 0 Å². The summed E-state index contributed by atoms with van der Waals surface area (Å²) in [6.07, 6.45) is 0. The summed E-state index contributed by atoms with van der Waals surface area (Å²) in [5.41, 5.74) is -0.529. The number of benzene rings is 2. The van der Waals surface area contributed by atoms with Crippen molar-refractivity contribution in [3.05, 3.63) is 69.7 Å². The standard InChI is InChI=1S/C13H15ClO3.C7H4Cl2O.C6H11BrO2.3CH4/c1-4-17-12(16)13(2,3)11(15)9-7-5-6-8-10(9)14;8-6-4-2-1-3-5(6)7(9)10;1-4-9-5(8)6(2,3)7;;;/h5-8H,4H2,1-3H3;1-4H;4H2,1-3H3;3*1H4. The van der Waals surface area contributed by atoms with Crippen molar-refractivity contribution in [1.29, 1.82) is 0 Å². The Morgan fingerprint density at radius 1 is 0.718 bits per heavy atom. The zero-order chi connectivity index (χ0) is 28.1. The number of carbonyl (C=O) groups excluding carboxylic acids is 4. The van der Waals surface area contributed by atoms with E-state index < -0.39 is 21.0 Å². The Labute approximate surface area is 257 Å². The molecule has 222 valence electrons. The Morgan fingerprint density at radius 3 is 1.36 bits per heavy atom. The van der Waals surface area contributed by atoms with Gasteiger partial charge in [0.25, 0.3) is 5.24 Å². The van der Waals surface area contributed by atoms with Crippen LogP contribution in [0, 0.1) is 5.41 Å². The van der Waals surface area contributed by atoms with E-state index in [1.807, 2.05) is 0 Å². The second-order valence-electron chi connectivity index (χ2n) is 8.10. The van der Waals surface area contributed by atoms with Gasteiger partial charge >= 0.3 is 11.9 Å². The number of Topliss-reactive ketones (excluding diaryl/α,β-unsaturated/α-hetero) is 1. The molecular weight excluding hydrogens is 631 g/mol. The summed E-state index contributed by atoms with van der Waals surface area (Å²) in [6.45, 7) is 10.8. The van der Waals surface area contributed by atoms with Crippen molar-refractivity contribution >= 4 is 73.7 Å². The van der Waals surface area contributed by atoms with Gasteiger partial charge in [0.15, 0.2) is 5.78 Å². The van der Waals surface area contributed by atoms with Gasteiger partial charge < -0.3 is 9.47 Å². The molecule has 2 aromatic rings. The minimum absolute atomic E-state index is 0. The first kappa shape index (κ1) is 44.1. The number of halogens is 4. The van der Waals surface area contributed by atoms with E-state index in [0.29, 0.717) is 27.8 Å². The summed E-state index contributed by atoms with van der Waals surface area (Å²) in [6, 6.07) is 13.3. The lowest BCUT2D eigenvalue weighted by Gasteiger charge is -2.21. The lowest BCUT2D eigenvalue weighted by Crippen LogP contribution is -2.35. The third kappa shape index (κ3) is 15.4. The molecule has 0 unspecified atom stereocenters. The van der Waals surface area contributed by atoms with E-state index in [-0.39, 0.29) is 40.6 Å². The molecule has 0 amide bonds. The van der Waals surface area contributed by atoms with Gasteiger partial charge in [-0.3, -0.25) is 19.2 Å². The summed E-state index contributed by atoms with van der Waals surface area (Å²) in [5, 5.41) is 0.211. The van der Waals surface area contributed by atoms with Crippen LogP contribution in [-0.4, -0.2) is 40.5 Å². The fourth-order valence-electron chi connectivity index (χ4n) is 2.31. The van der Waals surface area contributed by atoms with E-state index in [4.69, 9.17) is 44.3 Å². The maximum atomic E-state index is 12.2. The van der Waals surface area contributed by atoms with Crippen molar-refractivity contribution < 1.29 is 28.7 Å². The predicted octanol–water partition coefficient (Wildman–Crippen LogP) is 9.46. The van der Waals surface area contributed by atoms with Crippen LogP contribution in [0.15, 0.2) is 48.5 Å². The topological polar surface area (TPSA) is 86.7 Å². The first-order valence-electron chi connectivity index (χ1n) is 10.9. The normalized spacial score (nSPS) is 9.79. The van der Waals surface area contributed by atoms with Crippen LogP contribution in [0.4, 0.5) is 0 Å². The fourth-order valence-corrected chi connectivity index (χ4v) is 3.08. The fraction of sp³-hybridized carbons (Fsp3) is 0.448. The van der Waals surface area contributed by atoms with Crippen LogP contribution in [0.2, 0.25) is 10.0 Å². The second-order valence-corrected chi connectivity index (χ2v) is 11.2. The largest absolute Gasteiger partial charge is 0.465 e. The maximum absolute atomic E-state index is 12.2. The first-order chi connectivity index (χ1) is 16.6. The average Bonchev–Trinajstić information content (AvgIpc) is 2.79. The molecule has 0 spiro atoms. The minimum atomic E-state index is -1.22. The monoisotopic (exact) mass is 670 g/mol. The van der Waals surface area contributed by atoms with E-state index in [0.717, 1.165) is 0 Å². The van der Waals surface area contributed by atoms with Crippen LogP contribution < -0.4 is 0 Å². The molecule has 10 heteroatoms. The number of alkyl halides is 1. The van der Waals surface area contributed by atoms with Crippen molar-refractivity contribution in [1.82, 2.24) is 0 Å². The third-order valence-corrected chi connectivity index (χ3v) is 5.50. The van der Waals surface area contributed by atoms with Crippen molar-refractivity contribution in [2.24, 2.45) is 5.41 Å². The molecule has 0 bridgehead atoms. The van der Waals surface area contributed by atoms with E-state index in [1.165, 1.54) is 13.8 Å². The van der Waals surface area contributed by atoms with Crippen molar-refractivity contribution in [3.63, 3.8) is 0 Å². The van der Waals surface area contributed by atoms with E-state index in [9.17, 15) is 19.2 Å². The SMILES string of the molecule is C.C.C.CCOC(=O)C(C)(C)Br.CCOC(=O)C(C)(C)C(=O)c1ccccc1Cl.O=C(Cl)c1ccccc1Cl. The van der Waals surface area contributed by atoms with Crippen LogP contribution in [0.3, 0.4) is 0 Å². The molecule has 0 saturated heterocycles. The molecule has 0 aliphatic heterocycles. The van der Waals surface area contributed by atoms with Gasteiger partial charge in [-0.2, -0.15) is 0 Å². The number of rotatable bonds is 7. The summed E-state index contributed by atoms with van der Waals surface area (Å²) < 4.78 is 9.07. The molecule has 0 saturated carbocycles. The molecule has 0 fully saturated rings. The lowest BCUT2D eigenvalue weighted by atomic mass is 9.84. The third-order valence-electron chi connectivity index (χ3n) is 4.32. The highest BCUT2D eigenvalue weighted by molar-refractivity contribution is 9.10. The summed E-state index contributed by atoms with van der Waals surface area (Å²) >= 11 is 19.9. The molecule has 6 nitrogen and oxygen atoms in total. The Bertz CT molecular complexity index is 1050. The molecule has 0 aromatic heterocycles. The first-order valence-corrected chi connectivity index (χ1v) is 12.8. The second kappa shape index (κ2) is 20.9. The number of esters is 2. The molecule has 2 rings (SSSR count). The van der Waals surface area contributed by atoms with E-state index in [1.54, 1.807) is 76.2 Å². The van der Waals surface area contributed by atoms with Gasteiger partial charge in [-0.15, -0.1) is 0 Å². The van der Waals surface area contributed by atoms with Gasteiger partial charge in [-0.05, 0) is 77.4 Å². The highest BCUT2D eigenvalue weighted by Crippen LogP contribution is 2.27. The quantitative estimate of drug-likeness (QED) is 0.0958. The van der Waals surface area contributed by atoms with Gasteiger partial charge in [0.2, 0.25) is 0 Å². The van der Waals surface area contributed by atoms with Crippen molar-refractivity contribution in [2.75, 3.05) is 13.2 Å². The van der Waals surface area contributed by atoms with Gasteiger partial charge in [0, 0.05) is 5.56 Å². The van der Waals surface area contributed by atoms with Crippen molar-refractivity contribution in [3.8, 4) is 0 Å². The molecule has 0 atom stereocenters. The maximum Gasteiger partial charge on any atom is 0.322 e. The van der Waals surface area contributed by atoms with Crippen LogP contribution in [0.5, 0.6) is 0 Å². The Hall–Kier alpha value is -1.93.